The van der Waals surface area contributed by atoms with Crippen LogP contribution in [0.1, 0.15) is 12.8 Å². The van der Waals surface area contributed by atoms with Crippen molar-refractivity contribution in [1.29, 1.82) is 5.26 Å². The molecule has 0 aromatic carbocycles. The summed E-state index contributed by atoms with van der Waals surface area (Å²) < 4.78 is 0. The lowest BCUT2D eigenvalue weighted by Crippen LogP contribution is -2.41. The quantitative estimate of drug-likeness (QED) is 0.532. The first-order chi connectivity index (χ1) is 5.66. The minimum Gasteiger partial charge on any atom is -0.331 e. The molecule has 0 aromatic heterocycles. The minimum absolute atomic E-state index is 0.0564. The number of nitriles is 1. The molecule has 0 aromatic rings. The number of carbonyl (C=O) groups is 1. The van der Waals surface area contributed by atoms with E-state index in [4.69, 9.17) is 5.26 Å². The van der Waals surface area contributed by atoms with Crippen LogP contribution in [0, 0.1) is 11.3 Å². The summed E-state index contributed by atoms with van der Waals surface area (Å²) in [5.74, 6) is 0. The van der Waals surface area contributed by atoms with Crippen molar-refractivity contribution in [1.82, 2.24) is 9.80 Å². The first-order valence-electron chi connectivity index (χ1n) is 4.04. The molecule has 1 heterocycles. The van der Waals surface area contributed by atoms with E-state index in [0.717, 1.165) is 19.4 Å². The van der Waals surface area contributed by atoms with Crippen LogP contribution in [-0.2, 0) is 0 Å². The lowest BCUT2D eigenvalue weighted by atomic mass is 10.2. The lowest BCUT2D eigenvalue weighted by molar-refractivity contribution is 0.174. The van der Waals surface area contributed by atoms with E-state index < -0.39 is 0 Å². The number of carbonyl (C=O) groups excluding carboxylic acids is 1. The van der Waals surface area contributed by atoms with Crippen LogP contribution in [0.2, 0.25) is 0 Å². The summed E-state index contributed by atoms with van der Waals surface area (Å²) in [7, 11) is 3.41. The Morgan fingerprint density at radius 1 is 1.67 bits per heavy atom. The van der Waals surface area contributed by atoms with Crippen molar-refractivity contribution in [3.63, 3.8) is 0 Å². The Kier molecular flexibility index (Phi) is 2.54. The Balaban J connectivity index is 2.63. The van der Waals surface area contributed by atoms with Gasteiger partial charge in [-0.1, -0.05) is 0 Å². The maximum atomic E-state index is 11.4. The van der Waals surface area contributed by atoms with Gasteiger partial charge in [0, 0.05) is 20.6 Å². The van der Waals surface area contributed by atoms with Gasteiger partial charge in [0.1, 0.15) is 6.04 Å². The van der Waals surface area contributed by atoms with Crippen molar-refractivity contribution in [3.8, 4) is 6.07 Å². The second-order valence-corrected chi connectivity index (χ2v) is 3.16. The molecular weight excluding hydrogens is 154 g/mol. The second kappa shape index (κ2) is 3.44. The Labute approximate surface area is 72.4 Å². The SMILES string of the molecule is CN(C)C(=O)N1CCC[C@H]1C#N. The zero-order valence-electron chi connectivity index (χ0n) is 7.45. The lowest BCUT2D eigenvalue weighted by Gasteiger charge is -2.23. The molecule has 0 aliphatic carbocycles. The van der Waals surface area contributed by atoms with Gasteiger partial charge in [0.25, 0.3) is 0 Å². The number of hydrogen-bond donors (Lipinski definition) is 0. The van der Waals surface area contributed by atoms with E-state index in [2.05, 4.69) is 6.07 Å². The summed E-state index contributed by atoms with van der Waals surface area (Å²) in [4.78, 5) is 14.5. The Bertz CT molecular complexity index is 219. The van der Waals surface area contributed by atoms with E-state index in [1.807, 2.05) is 0 Å². The van der Waals surface area contributed by atoms with Crippen LogP contribution >= 0.6 is 0 Å². The molecular formula is C8H13N3O. The molecule has 1 atom stereocenters. The van der Waals surface area contributed by atoms with Gasteiger partial charge in [0.2, 0.25) is 0 Å². The van der Waals surface area contributed by atoms with Crippen LogP contribution in [0.25, 0.3) is 0 Å². The van der Waals surface area contributed by atoms with Crippen molar-refractivity contribution in [2.45, 2.75) is 18.9 Å². The molecule has 1 aliphatic heterocycles. The number of urea groups is 1. The average molecular weight is 167 g/mol. The van der Waals surface area contributed by atoms with E-state index in [0.29, 0.717) is 0 Å². The smallest absolute Gasteiger partial charge is 0.320 e. The first-order valence-corrected chi connectivity index (χ1v) is 4.04. The van der Waals surface area contributed by atoms with Gasteiger partial charge in [-0.3, -0.25) is 0 Å². The molecule has 4 nitrogen and oxygen atoms in total. The third kappa shape index (κ3) is 1.50. The summed E-state index contributed by atoms with van der Waals surface area (Å²) >= 11 is 0. The summed E-state index contributed by atoms with van der Waals surface area (Å²) in [6.07, 6.45) is 1.76. The fourth-order valence-corrected chi connectivity index (χ4v) is 1.39. The van der Waals surface area contributed by atoms with Crippen LogP contribution < -0.4 is 0 Å². The van der Waals surface area contributed by atoms with Crippen LogP contribution in [0.15, 0.2) is 0 Å². The van der Waals surface area contributed by atoms with Gasteiger partial charge in [-0.2, -0.15) is 5.26 Å². The molecule has 2 amide bonds. The minimum atomic E-state index is -0.208. The van der Waals surface area contributed by atoms with Gasteiger partial charge in [-0.05, 0) is 12.8 Å². The van der Waals surface area contributed by atoms with E-state index in [1.54, 1.807) is 19.0 Å². The second-order valence-electron chi connectivity index (χ2n) is 3.16. The third-order valence-electron chi connectivity index (χ3n) is 2.03. The molecule has 1 fully saturated rings. The highest BCUT2D eigenvalue weighted by atomic mass is 16.2. The Hall–Kier alpha value is -1.24. The van der Waals surface area contributed by atoms with Crippen molar-refractivity contribution in [2.24, 2.45) is 0 Å². The van der Waals surface area contributed by atoms with Crippen molar-refractivity contribution in [3.05, 3.63) is 0 Å². The molecule has 1 aliphatic rings. The molecule has 0 radical (unpaired) electrons. The predicted molar refractivity (Wildman–Crippen MR) is 44.4 cm³/mol. The van der Waals surface area contributed by atoms with Crippen LogP contribution in [0.4, 0.5) is 4.79 Å². The number of rotatable bonds is 0. The first kappa shape index (κ1) is 8.85. The van der Waals surface area contributed by atoms with Gasteiger partial charge in [0.15, 0.2) is 0 Å². The third-order valence-corrected chi connectivity index (χ3v) is 2.03. The van der Waals surface area contributed by atoms with E-state index in [1.165, 1.54) is 4.90 Å². The molecule has 0 N–H and O–H groups in total. The van der Waals surface area contributed by atoms with E-state index >= 15 is 0 Å². The van der Waals surface area contributed by atoms with Crippen molar-refractivity contribution >= 4 is 6.03 Å². The average Bonchev–Trinajstić information content (AvgIpc) is 2.49. The molecule has 66 valence electrons. The normalized spacial score (nSPS) is 22.1. The molecule has 1 rings (SSSR count). The fraction of sp³-hybridized carbons (Fsp3) is 0.750. The summed E-state index contributed by atoms with van der Waals surface area (Å²) in [5.41, 5.74) is 0. The maximum absolute atomic E-state index is 11.4. The standard InChI is InChI=1S/C8H13N3O/c1-10(2)8(12)11-5-3-4-7(11)6-9/h7H,3-5H2,1-2H3/t7-/m0/s1. The number of nitrogens with zero attached hydrogens (tertiary/aromatic N) is 3. The summed E-state index contributed by atoms with van der Waals surface area (Å²) in [6, 6.07) is 1.86. The Morgan fingerprint density at radius 3 is 2.83 bits per heavy atom. The van der Waals surface area contributed by atoms with Gasteiger partial charge >= 0.3 is 6.03 Å². The van der Waals surface area contributed by atoms with Crippen LogP contribution in [0.3, 0.4) is 0 Å². The largest absolute Gasteiger partial charge is 0.331 e. The topological polar surface area (TPSA) is 47.3 Å². The van der Waals surface area contributed by atoms with E-state index in [9.17, 15) is 4.79 Å². The highest BCUT2D eigenvalue weighted by molar-refractivity contribution is 5.74. The number of likely N-dealkylation sites (tertiary alicyclic amines) is 1. The van der Waals surface area contributed by atoms with Crippen molar-refractivity contribution in [2.75, 3.05) is 20.6 Å². The van der Waals surface area contributed by atoms with Gasteiger partial charge in [0.05, 0.1) is 6.07 Å². The number of amides is 2. The van der Waals surface area contributed by atoms with Crippen LogP contribution in [-0.4, -0.2) is 42.5 Å². The van der Waals surface area contributed by atoms with Gasteiger partial charge in [-0.15, -0.1) is 0 Å². The highest BCUT2D eigenvalue weighted by Crippen LogP contribution is 2.17. The fourth-order valence-electron chi connectivity index (χ4n) is 1.39. The molecule has 0 bridgehead atoms. The molecule has 0 saturated carbocycles. The number of hydrogen-bond acceptors (Lipinski definition) is 2. The zero-order valence-corrected chi connectivity index (χ0v) is 7.45. The Morgan fingerprint density at radius 2 is 2.33 bits per heavy atom. The predicted octanol–water partition coefficient (Wildman–Crippen LogP) is 0.656. The zero-order chi connectivity index (χ0) is 9.14. The molecule has 12 heavy (non-hydrogen) atoms. The summed E-state index contributed by atoms with van der Waals surface area (Å²) in [5, 5.41) is 8.70. The molecule has 0 spiro atoms. The van der Waals surface area contributed by atoms with Crippen molar-refractivity contribution < 1.29 is 4.79 Å². The molecule has 1 saturated heterocycles. The monoisotopic (exact) mass is 167 g/mol. The van der Waals surface area contributed by atoms with Crippen LogP contribution in [0.5, 0.6) is 0 Å². The molecule has 4 heteroatoms. The van der Waals surface area contributed by atoms with Gasteiger partial charge in [-0.25, -0.2) is 4.79 Å². The molecule has 0 unspecified atom stereocenters. The highest BCUT2D eigenvalue weighted by Gasteiger charge is 2.29. The maximum Gasteiger partial charge on any atom is 0.320 e. The summed E-state index contributed by atoms with van der Waals surface area (Å²) in [6.45, 7) is 0.718. The van der Waals surface area contributed by atoms with E-state index in [-0.39, 0.29) is 12.1 Å². The van der Waals surface area contributed by atoms with Gasteiger partial charge < -0.3 is 9.80 Å².